The van der Waals surface area contributed by atoms with E-state index in [-0.39, 0.29) is 13.1 Å². The largest absolute Gasteiger partial charge is 0.480 e. The number of rotatable bonds is 7. The van der Waals surface area contributed by atoms with Gasteiger partial charge in [0.1, 0.15) is 13.1 Å². The van der Waals surface area contributed by atoms with Crippen molar-refractivity contribution in [2.24, 2.45) is 0 Å². The average molecular weight is 316 g/mol. The van der Waals surface area contributed by atoms with Gasteiger partial charge in [0.15, 0.2) is 0 Å². The van der Waals surface area contributed by atoms with Gasteiger partial charge < -0.3 is 10.2 Å². The third kappa shape index (κ3) is 3.78. The average Bonchev–Trinajstić information content (AvgIpc) is 2.51. The van der Waals surface area contributed by atoms with E-state index in [2.05, 4.69) is 0 Å². The molecule has 6 heteroatoms. The van der Waals surface area contributed by atoms with Crippen molar-refractivity contribution in [2.75, 3.05) is 24.6 Å². The standard InChI is InChI=1S/C17H20N2O4/c1-3-18(10-16(20)21)19(11-17(22)23)15-9-8-13-6-4-5-7-14(13)12(15)2/h4-9H,3,10-11H2,1-2H3,(H,20,21)(H,22,23). The lowest BCUT2D eigenvalue weighted by Crippen LogP contribution is -2.48. The summed E-state index contributed by atoms with van der Waals surface area (Å²) in [5, 5.41) is 23.4. The fourth-order valence-electron chi connectivity index (χ4n) is 2.68. The zero-order chi connectivity index (χ0) is 17.0. The molecule has 0 amide bonds. The molecule has 0 radical (unpaired) electrons. The van der Waals surface area contributed by atoms with Gasteiger partial charge in [0.25, 0.3) is 0 Å². The van der Waals surface area contributed by atoms with E-state index in [1.165, 1.54) is 10.0 Å². The van der Waals surface area contributed by atoms with E-state index < -0.39 is 11.9 Å². The molecule has 0 bridgehead atoms. The number of aryl methyl sites for hydroxylation is 1. The maximum Gasteiger partial charge on any atom is 0.324 e. The number of carboxylic acids is 2. The summed E-state index contributed by atoms with van der Waals surface area (Å²) in [6.45, 7) is 3.57. The molecule has 6 nitrogen and oxygen atoms in total. The zero-order valence-electron chi connectivity index (χ0n) is 13.2. The molecule has 2 N–H and O–H groups in total. The number of hydrazine groups is 1. The van der Waals surface area contributed by atoms with Crippen LogP contribution in [0.5, 0.6) is 0 Å². The molecule has 2 aromatic rings. The molecule has 0 saturated carbocycles. The number of carboxylic acid groups (broad SMARTS) is 2. The summed E-state index contributed by atoms with van der Waals surface area (Å²) in [6, 6.07) is 11.6. The minimum absolute atomic E-state index is 0.254. The number of hydrogen-bond donors (Lipinski definition) is 2. The van der Waals surface area contributed by atoms with Crippen LogP contribution in [-0.4, -0.2) is 46.8 Å². The lowest BCUT2D eigenvalue weighted by Gasteiger charge is -2.35. The fraction of sp³-hybridized carbons (Fsp3) is 0.294. The van der Waals surface area contributed by atoms with Crippen molar-refractivity contribution in [1.82, 2.24) is 5.01 Å². The maximum absolute atomic E-state index is 11.2. The summed E-state index contributed by atoms with van der Waals surface area (Å²) in [4.78, 5) is 22.3. The van der Waals surface area contributed by atoms with Crippen molar-refractivity contribution in [1.29, 1.82) is 0 Å². The molecule has 23 heavy (non-hydrogen) atoms. The van der Waals surface area contributed by atoms with Crippen molar-refractivity contribution in [3.05, 3.63) is 42.0 Å². The molecule has 0 heterocycles. The molecule has 0 aliphatic heterocycles. The highest BCUT2D eigenvalue weighted by molar-refractivity contribution is 5.90. The molecule has 0 aliphatic rings. The van der Waals surface area contributed by atoms with Crippen LogP contribution >= 0.6 is 0 Å². The Morgan fingerprint density at radius 3 is 2.26 bits per heavy atom. The molecule has 0 atom stereocenters. The molecule has 122 valence electrons. The van der Waals surface area contributed by atoms with E-state index in [0.717, 1.165) is 16.3 Å². The van der Waals surface area contributed by atoms with Crippen LogP contribution in [0, 0.1) is 6.92 Å². The molecule has 0 fully saturated rings. The van der Waals surface area contributed by atoms with Crippen LogP contribution in [0.3, 0.4) is 0 Å². The molecule has 0 aliphatic carbocycles. The Bertz CT molecular complexity index is 730. The van der Waals surface area contributed by atoms with Gasteiger partial charge in [0.05, 0.1) is 5.69 Å². The van der Waals surface area contributed by atoms with E-state index >= 15 is 0 Å². The number of fused-ring (bicyclic) bond motifs is 1. The van der Waals surface area contributed by atoms with Crippen LogP contribution in [-0.2, 0) is 9.59 Å². The Balaban J connectivity index is 2.52. The SMILES string of the molecule is CCN(CC(=O)O)N(CC(=O)O)c1ccc2ccccc2c1C. The number of likely N-dealkylation sites (N-methyl/N-ethyl adjacent to an activating group) is 1. The summed E-state index contributed by atoms with van der Waals surface area (Å²) in [5.41, 5.74) is 1.63. The van der Waals surface area contributed by atoms with Crippen LogP contribution in [0.2, 0.25) is 0 Å². The van der Waals surface area contributed by atoms with Crippen LogP contribution in [0.25, 0.3) is 10.8 Å². The first kappa shape index (κ1) is 16.8. The molecule has 0 unspecified atom stereocenters. The third-order valence-electron chi connectivity index (χ3n) is 3.76. The van der Waals surface area contributed by atoms with Gasteiger partial charge in [-0.2, -0.15) is 0 Å². The summed E-state index contributed by atoms with van der Waals surface area (Å²) in [5.74, 6) is -2.01. The molecule has 2 rings (SSSR count). The van der Waals surface area contributed by atoms with E-state index in [4.69, 9.17) is 5.11 Å². The third-order valence-corrected chi connectivity index (χ3v) is 3.76. The minimum Gasteiger partial charge on any atom is -0.480 e. The first-order valence-corrected chi connectivity index (χ1v) is 7.38. The topological polar surface area (TPSA) is 81.1 Å². The van der Waals surface area contributed by atoms with Crippen molar-refractivity contribution >= 4 is 28.4 Å². The second-order valence-electron chi connectivity index (χ2n) is 5.26. The second kappa shape index (κ2) is 7.11. The molecular weight excluding hydrogens is 296 g/mol. The van der Waals surface area contributed by atoms with Crippen LogP contribution < -0.4 is 5.01 Å². The van der Waals surface area contributed by atoms with Gasteiger partial charge in [-0.15, -0.1) is 0 Å². The van der Waals surface area contributed by atoms with Crippen LogP contribution in [0.1, 0.15) is 12.5 Å². The minimum atomic E-state index is -1.01. The Labute approximate surface area is 134 Å². The Kier molecular flexibility index (Phi) is 5.18. The molecule has 0 aromatic heterocycles. The van der Waals surface area contributed by atoms with Crippen LogP contribution in [0.4, 0.5) is 5.69 Å². The first-order valence-electron chi connectivity index (χ1n) is 7.38. The quantitative estimate of drug-likeness (QED) is 0.763. The molecule has 0 saturated heterocycles. The van der Waals surface area contributed by atoms with Gasteiger partial charge in [0.2, 0.25) is 0 Å². The normalized spacial score (nSPS) is 10.9. The Hall–Kier alpha value is -2.60. The highest BCUT2D eigenvalue weighted by Crippen LogP contribution is 2.29. The predicted molar refractivity (Wildman–Crippen MR) is 88.5 cm³/mol. The highest BCUT2D eigenvalue weighted by Gasteiger charge is 2.22. The first-order chi connectivity index (χ1) is 10.9. The summed E-state index contributed by atoms with van der Waals surface area (Å²) in [6.07, 6.45) is 0. The lowest BCUT2D eigenvalue weighted by atomic mass is 10.0. The lowest BCUT2D eigenvalue weighted by molar-refractivity contribution is -0.140. The van der Waals surface area contributed by atoms with Gasteiger partial charge in [-0.05, 0) is 29.3 Å². The Morgan fingerprint density at radius 2 is 1.65 bits per heavy atom. The highest BCUT2D eigenvalue weighted by atomic mass is 16.4. The van der Waals surface area contributed by atoms with E-state index in [9.17, 15) is 14.7 Å². The summed E-state index contributed by atoms with van der Waals surface area (Å²) >= 11 is 0. The van der Waals surface area contributed by atoms with Crippen molar-refractivity contribution in [2.45, 2.75) is 13.8 Å². The molecule has 2 aromatic carbocycles. The van der Waals surface area contributed by atoms with Gasteiger partial charge in [-0.1, -0.05) is 37.3 Å². The Morgan fingerprint density at radius 1 is 1.00 bits per heavy atom. The second-order valence-corrected chi connectivity index (χ2v) is 5.26. The van der Waals surface area contributed by atoms with Crippen molar-refractivity contribution in [3.8, 4) is 0 Å². The van der Waals surface area contributed by atoms with Crippen molar-refractivity contribution < 1.29 is 19.8 Å². The summed E-state index contributed by atoms with van der Waals surface area (Å²) < 4.78 is 0. The van der Waals surface area contributed by atoms with Gasteiger partial charge in [-0.25, -0.2) is 5.01 Å². The number of benzene rings is 2. The number of hydrogen-bond acceptors (Lipinski definition) is 4. The molecular formula is C17H20N2O4. The van der Waals surface area contributed by atoms with Gasteiger partial charge >= 0.3 is 11.9 Å². The molecule has 0 spiro atoms. The van der Waals surface area contributed by atoms with Crippen LogP contribution in [0.15, 0.2) is 36.4 Å². The number of aliphatic carboxylic acids is 2. The van der Waals surface area contributed by atoms with Gasteiger partial charge in [-0.3, -0.25) is 14.6 Å². The number of anilines is 1. The van der Waals surface area contributed by atoms with E-state index in [1.807, 2.05) is 43.3 Å². The van der Waals surface area contributed by atoms with Gasteiger partial charge in [0, 0.05) is 6.54 Å². The monoisotopic (exact) mass is 316 g/mol. The maximum atomic E-state index is 11.2. The summed E-state index contributed by atoms with van der Waals surface area (Å²) in [7, 11) is 0. The van der Waals surface area contributed by atoms with E-state index in [0.29, 0.717) is 12.2 Å². The zero-order valence-corrected chi connectivity index (χ0v) is 13.2. The number of carbonyl (C=O) groups is 2. The van der Waals surface area contributed by atoms with Crippen molar-refractivity contribution in [3.63, 3.8) is 0 Å². The predicted octanol–water partition coefficient (Wildman–Crippen LogP) is 2.36. The number of nitrogens with zero attached hydrogens (tertiary/aromatic N) is 2. The van der Waals surface area contributed by atoms with E-state index in [1.54, 1.807) is 6.92 Å². The fourth-order valence-corrected chi connectivity index (χ4v) is 2.68. The smallest absolute Gasteiger partial charge is 0.324 e.